The number of fused-ring (bicyclic) bond motifs is 2. The molecule has 0 unspecified atom stereocenters. The summed E-state index contributed by atoms with van der Waals surface area (Å²) >= 11 is 0. The molecule has 3 aromatic rings. The van der Waals surface area contributed by atoms with Crippen LogP contribution in [0.25, 0.3) is 10.9 Å². The lowest BCUT2D eigenvalue weighted by atomic mass is 9.95. The van der Waals surface area contributed by atoms with Gasteiger partial charge in [-0.15, -0.1) is 0 Å². The summed E-state index contributed by atoms with van der Waals surface area (Å²) in [5, 5.41) is 0.764. The van der Waals surface area contributed by atoms with Gasteiger partial charge in [0.15, 0.2) is 11.5 Å². The lowest BCUT2D eigenvalue weighted by Gasteiger charge is -2.36. The van der Waals surface area contributed by atoms with E-state index in [4.69, 9.17) is 15.2 Å². The van der Waals surface area contributed by atoms with Gasteiger partial charge in [-0.05, 0) is 61.7 Å². The van der Waals surface area contributed by atoms with E-state index in [-0.39, 0.29) is 30.6 Å². The fourth-order valence-electron chi connectivity index (χ4n) is 4.64. The molecule has 0 saturated heterocycles. The number of ether oxygens (including phenoxy) is 2. The monoisotopic (exact) mass is 493 g/mol. The van der Waals surface area contributed by atoms with Crippen molar-refractivity contribution in [1.29, 1.82) is 0 Å². The third-order valence-electron chi connectivity index (χ3n) is 6.39. The van der Waals surface area contributed by atoms with Crippen LogP contribution >= 0.6 is 0 Å². The summed E-state index contributed by atoms with van der Waals surface area (Å²) in [6.45, 7) is 0.324. The third-order valence-corrected chi connectivity index (χ3v) is 6.39. The van der Waals surface area contributed by atoms with Crippen molar-refractivity contribution in [2.45, 2.75) is 37.9 Å². The summed E-state index contributed by atoms with van der Waals surface area (Å²) < 4.78 is 64.1. The van der Waals surface area contributed by atoms with E-state index >= 15 is 0 Å². The Bertz CT molecular complexity index is 1210. The maximum atomic E-state index is 13.7. The van der Waals surface area contributed by atoms with E-state index in [0.29, 0.717) is 42.9 Å². The van der Waals surface area contributed by atoms with Gasteiger partial charge >= 0.3 is 6.18 Å². The van der Waals surface area contributed by atoms with Gasteiger partial charge in [-0.3, -0.25) is 9.69 Å². The molecule has 35 heavy (non-hydrogen) atoms. The van der Waals surface area contributed by atoms with Gasteiger partial charge < -0.3 is 20.2 Å². The van der Waals surface area contributed by atoms with Crippen molar-refractivity contribution in [3.63, 3.8) is 0 Å². The molecule has 2 aromatic carbocycles. The Balaban J connectivity index is 1.52. The van der Waals surface area contributed by atoms with Crippen molar-refractivity contribution in [3.05, 3.63) is 59.0 Å². The molecule has 1 amide bonds. The molecule has 0 aliphatic carbocycles. The van der Waals surface area contributed by atoms with Crippen molar-refractivity contribution in [3.8, 4) is 11.5 Å². The van der Waals surface area contributed by atoms with Crippen molar-refractivity contribution in [2.24, 2.45) is 5.73 Å². The minimum Gasteiger partial charge on any atom is -0.493 e. The molecular formula is C25H27F4N3O3. The van der Waals surface area contributed by atoms with E-state index in [1.54, 1.807) is 29.3 Å². The van der Waals surface area contributed by atoms with E-state index in [9.17, 15) is 22.4 Å². The number of alkyl halides is 3. The van der Waals surface area contributed by atoms with E-state index in [2.05, 4.69) is 4.98 Å². The summed E-state index contributed by atoms with van der Waals surface area (Å²) in [5.41, 5.74) is 8.04. The Morgan fingerprint density at radius 2 is 2.06 bits per heavy atom. The molecule has 1 atom stereocenters. The predicted octanol–water partition coefficient (Wildman–Crippen LogP) is 4.61. The van der Waals surface area contributed by atoms with Crippen LogP contribution in [0.5, 0.6) is 11.5 Å². The molecule has 4 rings (SSSR count). The number of H-pyrrole nitrogens is 1. The standard InChI is InChI=1S/C25H27F4N3O3/c1-34-22-7-5-18(24(30)33)20-12-17(14-35-23(20)22)32(10-8-25(27,28)29)9-2-3-15-13-31-21-6-4-16(26)11-19(15)21/h4-7,11,13,17,31H,2-3,8-10,12,14H2,1H3,(H2,30,33)/t17-/m1/s1. The molecule has 1 aromatic heterocycles. The molecular weight excluding hydrogens is 466 g/mol. The number of halogens is 4. The summed E-state index contributed by atoms with van der Waals surface area (Å²) in [6, 6.07) is 7.23. The minimum absolute atomic E-state index is 0.154. The zero-order valence-electron chi connectivity index (χ0n) is 19.3. The van der Waals surface area contributed by atoms with Crippen LogP contribution in [-0.4, -0.2) is 54.8 Å². The predicted molar refractivity (Wildman–Crippen MR) is 123 cm³/mol. The Labute approximate surface area is 200 Å². The fraction of sp³-hybridized carbons (Fsp3) is 0.400. The fourth-order valence-corrected chi connectivity index (χ4v) is 4.64. The lowest BCUT2D eigenvalue weighted by Crippen LogP contribution is -2.45. The average Bonchev–Trinajstić information content (AvgIpc) is 3.21. The molecule has 3 N–H and O–H groups in total. The SMILES string of the molecule is COc1ccc(C(N)=O)c2c1OC[C@H](N(CCCc1c[nH]c3ccc(F)cc13)CCC(F)(F)F)C2. The van der Waals surface area contributed by atoms with Gasteiger partial charge in [0.25, 0.3) is 0 Å². The van der Waals surface area contributed by atoms with Gasteiger partial charge in [-0.2, -0.15) is 13.2 Å². The van der Waals surface area contributed by atoms with E-state index in [1.807, 2.05) is 0 Å². The first-order chi connectivity index (χ1) is 16.7. The number of hydrogen-bond donors (Lipinski definition) is 2. The van der Waals surface area contributed by atoms with Crippen LogP contribution < -0.4 is 15.2 Å². The molecule has 1 aliphatic rings. The molecule has 10 heteroatoms. The molecule has 0 bridgehead atoms. The number of aromatic amines is 1. The largest absolute Gasteiger partial charge is 0.493 e. The second-order valence-corrected chi connectivity index (χ2v) is 8.66. The zero-order valence-corrected chi connectivity index (χ0v) is 19.3. The molecule has 1 aliphatic heterocycles. The van der Waals surface area contributed by atoms with Crippen LogP contribution in [0.2, 0.25) is 0 Å². The first-order valence-corrected chi connectivity index (χ1v) is 11.3. The highest BCUT2D eigenvalue weighted by molar-refractivity contribution is 5.95. The number of benzene rings is 2. The highest BCUT2D eigenvalue weighted by Gasteiger charge is 2.33. The van der Waals surface area contributed by atoms with E-state index < -0.39 is 18.5 Å². The van der Waals surface area contributed by atoms with Gasteiger partial charge in [-0.1, -0.05) is 0 Å². The maximum absolute atomic E-state index is 13.7. The van der Waals surface area contributed by atoms with Gasteiger partial charge in [0, 0.05) is 40.8 Å². The smallest absolute Gasteiger partial charge is 0.390 e. The summed E-state index contributed by atoms with van der Waals surface area (Å²) in [5.74, 6) is -0.140. The summed E-state index contributed by atoms with van der Waals surface area (Å²) in [7, 11) is 1.47. The number of carbonyl (C=O) groups excluding carboxylic acids is 1. The number of aryl methyl sites for hydroxylation is 1. The van der Waals surface area contributed by atoms with Crippen LogP contribution in [0.15, 0.2) is 36.5 Å². The number of nitrogens with zero attached hydrogens (tertiary/aromatic N) is 1. The Hall–Kier alpha value is -3.27. The molecule has 6 nitrogen and oxygen atoms in total. The molecule has 0 radical (unpaired) electrons. The summed E-state index contributed by atoms with van der Waals surface area (Å²) in [4.78, 5) is 16.8. The highest BCUT2D eigenvalue weighted by Crippen LogP contribution is 2.38. The quantitative estimate of drug-likeness (QED) is 0.427. The van der Waals surface area contributed by atoms with Crippen molar-refractivity contribution in [1.82, 2.24) is 9.88 Å². The normalized spacial score (nSPS) is 15.8. The lowest BCUT2D eigenvalue weighted by molar-refractivity contribution is -0.139. The molecule has 0 fully saturated rings. The number of hydrogen-bond acceptors (Lipinski definition) is 4. The Morgan fingerprint density at radius 3 is 2.77 bits per heavy atom. The number of aromatic nitrogens is 1. The second-order valence-electron chi connectivity index (χ2n) is 8.66. The van der Waals surface area contributed by atoms with E-state index in [0.717, 1.165) is 16.5 Å². The van der Waals surface area contributed by atoms with Gasteiger partial charge in [0.2, 0.25) is 5.91 Å². The summed E-state index contributed by atoms with van der Waals surface area (Å²) in [6.07, 6.45) is -2.03. The third kappa shape index (κ3) is 5.70. The average molecular weight is 494 g/mol. The van der Waals surface area contributed by atoms with Crippen LogP contribution in [-0.2, 0) is 12.8 Å². The maximum Gasteiger partial charge on any atom is 0.390 e. The minimum atomic E-state index is -4.30. The number of carbonyl (C=O) groups is 1. The highest BCUT2D eigenvalue weighted by atomic mass is 19.4. The van der Waals surface area contributed by atoms with Crippen LogP contribution in [0.1, 0.15) is 34.3 Å². The number of methoxy groups -OCH3 is 1. The molecule has 2 heterocycles. The Morgan fingerprint density at radius 1 is 1.26 bits per heavy atom. The number of nitrogens with one attached hydrogen (secondary N) is 1. The first-order valence-electron chi connectivity index (χ1n) is 11.3. The number of amides is 1. The van der Waals surface area contributed by atoms with Gasteiger partial charge in [0.1, 0.15) is 12.4 Å². The number of nitrogens with two attached hydrogens (primary N) is 1. The first kappa shape index (κ1) is 24.8. The van der Waals surface area contributed by atoms with Crippen LogP contribution in [0, 0.1) is 5.82 Å². The Kier molecular flexibility index (Phi) is 7.20. The number of primary amides is 1. The van der Waals surface area contributed by atoms with E-state index in [1.165, 1.54) is 19.2 Å². The van der Waals surface area contributed by atoms with Crippen molar-refractivity contribution in [2.75, 3.05) is 26.8 Å². The van der Waals surface area contributed by atoms with Crippen LogP contribution in [0.3, 0.4) is 0 Å². The van der Waals surface area contributed by atoms with Crippen molar-refractivity contribution < 1.29 is 31.8 Å². The molecule has 0 saturated carbocycles. The van der Waals surface area contributed by atoms with Gasteiger partial charge in [0.05, 0.1) is 13.5 Å². The number of rotatable bonds is 9. The topological polar surface area (TPSA) is 80.6 Å². The second kappa shape index (κ2) is 10.2. The molecule has 0 spiro atoms. The van der Waals surface area contributed by atoms with Crippen molar-refractivity contribution >= 4 is 16.8 Å². The van der Waals surface area contributed by atoms with Crippen LogP contribution in [0.4, 0.5) is 17.6 Å². The zero-order chi connectivity index (χ0) is 25.2. The molecule has 188 valence electrons. The van der Waals surface area contributed by atoms with Gasteiger partial charge in [-0.25, -0.2) is 4.39 Å².